The van der Waals surface area contributed by atoms with Crippen molar-refractivity contribution in [3.05, 3.63) is 42.0 Å². The molecule has 2 aromatic carbocycles. The summed E-state index contributed by atoms with van der Waals surface area (Å²) in [6.07, 6.45) is 1.36. The highest BCUT2D eigenvalue weighted by molar-refractivity contribution is 7.92. The summed E-state index contributed by atoms with van der Waals surface area (Å²) in [4.78, 5) is 13.9. The lowest BCUT2D eigenvalue weighted by molar-refractivity contribution is -0.117. The van der Waals surface area contributed by atoms with Crippen LogP contribution in [0.2, 0.25) is 0 Å². The minimum absolute atomic E-state index is 0.0726. The highest BCUT2D eigenvalue weighted by atomic mass is 32.2. The van der Waals surface area contributed by atoms with Crippen molar-refractivity contribution < 1.29 is 22.7 Å². The Hall–Kier alpha value is -2.74. The molecule has 0 radical (unpaired) electrons. The van der Waals surface area contributed by atoms with Crippen LogP contribution in [0.15, 0.2) is 41.3 Å². The summed E-state index contributed by atoms with van der Waals surface area (Å²) in [6, 6.07) is 10.1. The first-order chi connectivity index (χ1) is 13.4. The maximum atomic E-state index is 13.2. The van der Waals surface area contributed by atoms with Crippen LogP contribution in [0.3, 0.4) is 0 Å². The Morgan fingerprint density at radius 2 is 1.79 bits per heavy atom. The first kappa shape index (κ1) is 18.6. The van der Waals surface area contributed by atoms with Gasteiger partial charge in [-0.1, -0.05) is 0 Å². The van der Waals surface area contributed by atoms with Gasteiger partial charge in [-0.3, -0.25) is 9.10 Å². The molecule has 4 rings (SSSR count). The minimum Gasteiger partial charge on any atom is -0.486 e. The first-order valence-electron chi connectivity index (χ1n) is 9.17. The molecule has 0 unspecified atom stereocenters. The van der Waals surface area contributed by atoms with Crippen LogP contribution < -0.4 is 18.7 Å². The third-order valence-electron chi connectivity index (χ3n) is 5.07. The number of nitrogens with zero attached hydrogens (tertiary/aromatic N) is 2. The van der Waals surface area contributed by atoms with Crippen LogP contribution >= 0.6 is 0 Å². The van der Waals surface area contributed by atoms with Crippen LogP contribution in [0.1, 0.15) is 18.4 Å². The predicted molar refractivity (Wildman–Crippen MR) is 106 cm³/mol. The van der Waals surface area contributed by atoms with Gasteiger partial charge in [-0.25, -0.2) is 8.42 Å². The van der Waals surface area contributed by atoms with Crippen LogP contribution in [0.5, 0.6) is 11.5 Å². The van der Waals surface area contributed by atoms with Gasteiger partial charge in [0.2, 0.25) is 5.91 Å². The average molecular weight is 402 g/mol. The molecule has 2 heterocycles. The number of fused-ring (bicyclic) bond motifs is 1. The van der Waals surface area contributed by atoms with Crippen molar-refractivity contribution in [2.75, 3.05) is 36.0 Å². The van der Waals surface area contributed by atoms with Gasteiger partial charge >= 0.3 is 0 Å². The van der Waals surface area contributed by atoms with E-state index in [0.29, 0.717) is 48.9 Å². The number of hydrogen-bond acceptors (Lipinski definition) is 5. The second-order valence-corrected chi connectivity index (χ2v) is 8.84. The van der Waals surface area contributed by atoms with Crippen LogP contribution in [0, 0.1) is 6.92 Å². The van der Waals surface area contributed by atoms with Crippen molar-refractivity contribution in [1.82, 2.24) is 0 Å². The summed E-state index contributed by atoms with van der Waals surface area (Å²) in [5.41, 5.74) is 1.82. The summed E-state index contributed by atoms with van der Waals surface area (Å²) in [5, 5.41) is 0. The minimum atomic E-state index is -3.77. The zero-order valence-electron chi connectivity index (χ0n) is 15.8. The molecule has 1 fully saturated rings. The largest absolute Gasteiger partial charge is 0.486 e. The van der Waals surface area contributed by atoms with Gasteiger partial charge in [-0.15, -0.1) is 0 Å². The van der Waals surface area contributed by atoms with Gasteiger partial charge in [-0.2, -0.15) is 0 Å². The highest BCUT2D eigenvalue weighted by Gasteiger charge is 2.27. The number of amides is 1. The number of anilines is 2. The molecule has 8 heteroatoms. The lowest BCUT2D eigenvalue weighted by atomic mass is 10.2. The SMILES string of the molecule is Cc1cc(N2CCCC2=O)ccc1S(=O)(=O)N(C)c1ccc2c(c1)OCCO2. The smallest absolute Gasteiger partial charge is 0.264 e. The molecule has 28 heavy (non-hydrogen) atoms. The molecule has 0 aromatic heterocycles. The fourth-order valence-corrected chi connectivity index (χ4v) is 4.92. The summed E-state index contributed by atoms with van der Waals surface area (Å²) < 4.78 is 38.7. The molecule has 0 spiro atoms. The van der Waals surface area contributed by atoms with E-state index in [2.05, 4.69) is 0 Å². The van der Waals surface area contributed by atoms with Crippen LogP contribution in [0.25, 0.3) is 0 Å². The average Bonchev–Trinajstić information content (AvgIpc) is 3.12. The van der Waals surface area contributed by atoms with Gasteiger partial charge in [0, 0.05) is 31.8 Å². The number of benzene rings is 2. The van der Waals surface area contributed by atoms with E-state index in [0.717, 1.165) is 12.1 Å². The summed E-state index contributed by atoms with van der Waals surface area (Å²) in [7, 11) is -2.26. The molecule has 2 aromatic rings. The molecule has 7 nitrogen and oxygen atoms in total. The molecule has 0 N–H and O–H groups in total. The van der Waals surface area contributed by atoms with Gasteiger partial charge in [0.25, 0.3) is 10.0 Å². The topological polar surface area (TPSA) is 76.2 Å². The quantitative estimate of drug-likeness (QED) is 0.786. The van der Waals surface area contributed by atoms with E-state index in [9.17, 15) is 13.2 Å². The van der Waals surface area contributed by atoms with E-state index in [4.69, 9.17) is 9.47 Å². The normalized spacial score (nSPS) is 16.4. The first-order valence-corrected chi connectivity index (χ1v) is 10.6. The third kappa shape index (κ3) is 3.17. The van der Waals surface area contributed by atoms with Crippen LogP contribution in [-0.4, -0.2) is 41.1 Å². The molecule has 1 saturated heterocycles. The van der Waals surface area contributed by atoms with E-state index in [1.54, 1.807) is 48.2 Å². The molecule has 0 aliphatic carbocycles. The highest BCUT2D eigenvalue weighted by Crippen LogP contribution is 2.36. The van der Waals surface area contributed by atoms with Gasteiger partial charge in [0.05, 0.1) is 10.6 Å². The number of ether oxygens (including phenoxy) is 2. The molecule has 1 amide bonds. The van der Waals surface area contributed by atoms with Crippen molar-refractivity contribution >= 4 is 27.3 Å². The molecule has 2 aliphatic heterocycles. The van der Waals surface area contributed by atoms with Crippen molar-refractivity contribution in [1.29, 1.82) is 0 Å². The molecule has 0 atom stereocenters. The number of carbonyl (C=O) groups is 1. The van der Waals surface area contributed by atoms with Gasteiger partial charge < -0.3 is 14.4 Å². The Kier molecular flexibility index (Phi) is 4.66. The second-order valence-electron chi connectivity index (χ2n) is 6.90. The zero-order valence-corrected chi connectivity index (χ0v) is 16.7. The number of rotatable bonds is 4. The van der Waals surface area contributed by atoms with Crippen LogP contribution in [0.4, 0.5) is 11.4 Å². The Morgan fingerprint density at radius 3 is 2.46 bits per heavy atom. The molecule has 0 saturated carbocycles. The Bertz CT molecular complexity index is 1030. The van der Waals surface area contributed by atoms with E-state index in [1.807, 2.05) is 0 Å². The monoisotopic (exact) mass is 402 g/mol. The standard InChI is InChI=1S/C20H22N2O5S/c1-14-12-16(22-9-3-4-20(22)23)6-8-19(14)28(24,25)21(2)15-5-7-17-18(13-15)27-11-10-26-17/h5-8,12-13H,3-4,9-11H2,1-2H3. The summed E-state index contributed by atoms with van der Waals surface area (Å²) >= 11 is 0. The second kappa shape index (κ2) is 7.01. The fourth-order valence-electron chi connectivity index (χ4n) is 3.53. The Labute approximate surface area is 164 Å². The predicted octanol–water partition coefficient (Wildman–Crippen LogP) is 2.72. The van der Waals surface area contributed by atoms with Gasteiger partial charge in [0.15, 0.2) is 11.5 Å². The maximum Gasteiger partial charge on any atom is 0.264 e. The van der Waals surface area contributed by atoms with Gasteiger partial charge in [-0.05, 0) is 49.2 Å². The number of hydrogen-bond donors (Lipinski definition) is 0. The van der Waals surface area contributed by atoms with Crippen molar-refractivity contribution in [3.63, 3.8) is 0 Å². The molecular weight excluding hydrogens is 380 g/mol. The maximum absolute atomic E-state index is 13.2. The van der Waals surface area contributed by atoms with E-state index >= 15 is 0 Å². The third-order valence-corrected chi connectivity index (χ3v) is 7.02. The van der Waals surface area contributed by atoms with Gasteiger partial charge in [0.1, 0.15) is 13.2 Å². The number of sulfonamides is 1. The lowest BCUT2D eigenvalue weighted by Crippen LogP contribution is -2.28. The molecule has 148 valence electrons. The number of aryl methyl sites for hydroxylation is 1. The molecule has 0 bridgehead atoms. The van der Waals surface area contributed by atoms with Crippen molar-refractivity contribution in [2.45, 2.75) is 24.7 Å². The van der Waals surface area contributed by atoms with E-state index in [1.165, 1.54) is 11.4 Å². The van der Waals surface area contributed by atoms with E-state index in [-0.39, 0.29) is 10.8 Å². The Balaban J connectivity index is 1.65. The fraction of sp³-hybridized carbons (Fsp3) is 0.350. The lowest BCUT2D eigenvalue weighted by Gasteiger charge is -2.24. The van der Waals surface area contributed by atoms with E-state index < -0.39 is 10.0 Å². The molecule has 2 aliphatic rings. The Morgan fingerprint density at radius 1 is 1.04 bits per heavy atom. The van der Waals surface area contributed by atoms with Crippen LogP contribution in [-0.2, 0) is 14.8 Å². The summed E-state index contributed by atoms with van der Waals surface area (Å²) in [5.74, 6) is 1.21. The zero-order chi connectivity index (χ0) is 19.9. The molecular formula is C20H22N2O5S. The van der Waals surface area contributed by atoms with Crippen molar-refractivity contribution in [2.24, 2.45) is 0 Å². The van der Waals surface area contributed by atoms with Crippen molar-refractivity contribution in [3.8, 4) is 11.5 Å². The number of carbonyl (C=O) groups excluding carboxylic acids is 1. The summed E-state index contributed by atoms with van der Waals surface area (Å²) in [6.45, 7) is 3.32.